The number of nitrogens with zero attached hydrogens (tertiary/aromatic N) is 1. The molecule has 0 amide bonds. The van der Waals surface area contributed by atoms with E-state index in [4.69, 9.17) is 0 Å². The van der Waals surface area contributed by atoms with Crippen LogP contribution in [-0.2, 0) is 16.0 Å². The lowest BCUT2D eigenvalue weighted by molar-refractivity contribution is -0.137. The van der Waals surface area contributed by atoms with Crippen LogP contribution in [0.25, 0.3) is 16.2 Å². The number of benzene rings is 2. The fourth-order valence-corrected chi connectivity index (χ4v) is 4.70. The van der Waals surface area contributed by atoms with Gasteiger partial charge in [0.2, 0.25) is 0 Å². The molecule has 3 aromatic rings. The van der Waals surface area contributed by atoms with Gasteiger partial charge in [-0.15, -0.1) is 0 Å². The molecule has 0 aliphatic carbocycles. The van der Waals surface area contributed by atoms with E-state index in [2.05, 4.69) is 4.98 Å². The lowest BCUT2D eigenvalue weighted by Gasteiger charge is -1.99. The van der Waals surface area contributed by atoms with Gasteiger partial charge in [0.05, 0.1) is 4.90 Å². The summed E-state index contributed by atoms with van der Waals surface area (Å²) in [4.78, 5) is 4.09. The maximum Gasteiger partial charge on any atom is 0.486 e. The quantitative estimate of drug-likeness (QED) is 0.455. The van der Waals surface area contributed by atoms with Crippen LogP contribution in [0.4, 0.5) is 17.6 Å². The molecule has 0 saturated carbocycles. The maximum atomic E-state index is 13.4. The molecule has 0 spiro atoms. The number of halogens is 4. The molecule has 1 unspecified atom stereocenters. The first kappa shape index (κ1) is 18.5. The monoisotopic (exact) mass is 402 g/mol. The Hall–Kier alpha value is -2.26. The summed E-state index contributed by atoms with van der Waals surface area (Å²) >= 11 is 0. The van der Waals surface area contributed by atoms with Crippen LogP contribution in [-0.4, -0.2) is 19.7 Å². The van der Waals surface area contributed by atoms with Crippen molar-refractivity contribution in [2.45, 2.75) is 11.1 Å². The molecule has 0 bridgehead atoms. The third-order valence-corrected chi connectivity index (χ3v) is 6.65. The van der Waals surface area contributed by atoms with Gasteiger partial charge >= 0.3 is 11.2 Å². The van der Waals surface area contributed by atoms with Crippen LogP contribution < -0.4 is 0 Å². The highest BCUT2D eigenvalue weighted by molar-refractivity contribution is 7.90. The second-order valence-corrected chi connectivity index (χ2v) is 9.29. The summed E-state index contributed by atoms with van der Waals surface area (Å²) in [6.45, 7) is 0. The first-order valence-electron chi connectivity index (χ1n) is 7.22. The first-order chi connectivity index (χ1) is 12.1. The number of thiazole rings is 1. The number of alkyl halides is 3. The number of hydrogen-bond donors (Lipinski definition) is 0. The van der Waals surface area contributed by atoms with Gasteiger partial charge in [-0.1, -0.05) is 12.1 Å². The average molecular weight is 402 g/mol. The Bertz CT molecular complexity index is 1040. The smallest absolute Gasteiger partial charge is 0.224 e. The summed E-state index contributed by atoms with van der Waals surface area (Å²) in [5.74, 6) is -0.539. The summed E-state index contributed by atoms with van der Waals surface area (Å²) in [6.07, 6.45) is -3.59. The van der Waals surface area contributed by atoms with E-state index in [1.807, 2.05) is 0 Å². The summed E-state index contributed by atoms with van der Waals surface area (Å²) in [6, 6.07) is 10.3. The topological polar surface area (TPSA) is 47.0 Å². The van der Waals surface area contributed by atoms with Gasteiger partial charge in [-0.05, 0) is 24.3 Å². The number of sulfone groups is 1. The molecule has 26 heavy (non-hydrogen) atoms. The van der Waals surface area contributed by atoms with Crippen molar-refractivity contribution in [1.29, 1.82) is 0 Å². The molecule has 0 saturated heterocycles. The Morgan fingerprint density at radius 1 is 0.962 bits per heavy atom. The molecule has 0 aliphatic heterocycles. The van der Waals surface area contributed by atoms with Gasteiger partial charge in [0.15, 0.2) is 20.1 Å². The SMILES string of the molecule is CS(=O)(=O)c1ccc(-c2c[s+](-c3ccc(F)cc3)c(C(F)(F)F)n2)cc1. The van der Waals surface area contributed by atoms with E-state index in [-0.39, 0.29) is 10.6 Å². The lowest BCUT2D eigenvalue weighted by atomic mass is 10.2. The molecule has 1 aromatic heterocycles. The molecule has 0 radical (unpaired) electrons. The summed E-state index contributed by atoms with van der Waals surface area (Å²) in [5, 5.41) is 0.400. The lowest BCUT2D eigenvalue weighted by Crippen LogP contribution is -2.05. The van der Waals surface area contributed by atoms with Crippen molar-refractivity contribution in [2.75, 3.05) is 6.26 Å². The molecule has 0 N–H and O–H groups in total. The van der Waals surface area contributed by atoms with Crippen molar-refractivity contribution in [3.8, 4) is 16.2 Å². The van der Waals surface area contributed by atoms with Gasteiger partial charge in [0, 0.05) is 34.4 Å². The van der Waals surface area contributed by atoms with E-state index in [9.17, 15) is 26.0 Å². The van der Waals surface area contributed by atoms with Crippen LogP contribution in [0, 0.1) is 5.82 Å². The van der Waals surface area contributed by atoms with Gasteiger partial charge < -0.3 is 0 Å². The van der Waals surface area contributed by atoms with E-state index in [1.165, 1.54) is 41.8 Å². The number of aromatic nitrogens is 1. The maximum absolute atomic E-state index is 13.4. The van der Waals surface area contributed by atoms with Crippen LogP contribution in [0.5, 0.6) is 0 Å². The van der Waals surface area contributed by atoms with Gasteiger partial charge in [0.25, 0.3) is 0 Å². The normalized spacial score (nSPS) is 13.0. The molecule has 9 heteroatoms. The molecule has 0 fully saturated rings. The number of hydrogen-bond acceptors (Lipinski definition) is 3. The average Bonchev–Trinajstić information content (AvgIpc) is 3.00. The fourth-order valence-electron chi connectivity index (χ4n) is 2.31. The second kappa shape index (κ2) is 6.48. The highest BCUT2D eigenvalue weighted by atomic mass is 32.2. The highest BCUT2D eigenvalue weighted by Crippen LogP contribution is 2.45. The Kier molecular flexibility index (Phi) is 4.61. The molecule has 0 aliphatic rings. The molecule has 2 aromatic carbocycles. The van der Waals surface area contributed by atoms with Crippen LogP contribution in [0.1, 0.15) is 5.01 Å². The van der Waals surface area contributed by atoms with Gasteiger partial charge in [-0.25, -0.2) is 12.8 Å². The zero-order valence-corrected chi connectivity index (χ0v) is 14.9. The van der Waals surface area contributed by atoms with Crippen LogP contribution in [0.2, 0.25) is 0 Å². The first-order valence-corrected chi connectivity index (χ1v) is 10.4. The fraction of sp³-hybridized carbons (Fsp3) is 0.118. The van der Waals surface area contributed by atoms with Crippen molar-refractivity contribution >= 4 is 20.3 Å². The van der Waals surface area contributed by atoms with E-state index >= 15 is 0 Å². The van der Waals surface area contributed by atoms with E-state index in [0.29, 0.717) is 10.5 Å². The molecular weight excluding hydrogens is 390 g/mol. The highest BCUT2D eigenvalue weighted by Gasteiger charge is 2.45. The van der Waals surface area contributed by atoms with Crippen LogP contribution >= 0.6 is 10.5 Å². The zero-order valence-electron chi connectivity index (χ0n) is 13.3. The molecule has 1 atom stereocenters. The van der Waals surface area contributed by atoms with E-state index in [0.717, 1.165) is 18.4 Å². The molecule has 1 heterocycles. The van der Waals surface area contributed by atoms with Gasteiger partial charge in [-0.3, -0.25) is 0 Å². The third kappa shape index (κ3) is 3.78. The Morgan fingerprint density at radius 3 is 2.04 bits per heavy atom. The van der Waals surface area contributed by atoms with Gasteiger partial charge in [0.1, 0.15) is 11.5 Å². The predicted molar refractivity (Wildman–Crippen MR) is 91.6 cm³/mol. The Morgan fingerprint density at radius 2 is 1.54 bits per heavy atom. The Labute approximate surface area is 149 Å². The van der Waals surface area contributed by atoms with Crippen molar-refractivity contribution in [1.82, 2.24) is 4.98 Å². The zero-order chi connectivity index (χ0) is 19.1. The number of rotatable bonds is 3. The largest absolute Gasteiger partial charge is 0.486 e. The van der Waals surface area contributed by atoms with Crippen LogP contribution in [0.3, 0.4) is 0 Å². The van der Waals surface area contributed by atoms with Crippen molar-refractivity contribution < 1.29 is 26.0 Å². The van der Waals surface area contributed by atoms with Crippen LogP contribution in [0.15, 0.2) is 58.8 Å². The summed E-state index contributed by atoms with van der Waals surface area (Å²) < 4.78 is 76.2. The second-order valence-electron chi connectivity index (χ2n) is 5.51. The van der Waals surface area contributed by atoms with Crippen molar-refractivity contribution in [3.05, 3.63) is 64.7 Å². The minimum absolute atomic E-state index is 0.0670. The predicted octanol–water partition coefficient (Wildman–Crippen LogP) is 5.05. The van der Waals surface area contributed by atoms with Crippen molar-refractivity contribution in [3.63, 3.8) is 0 Å². The van der Waals surface area contributed by atoms with Crippen molar-refractivity contribution in [2.24, 2.45) is 0 Å². The molecular formula is C17H12F4NO2S2+. The summed E-state index contributed by atoms with van der Waals surface area (Å²) in [7, 11) is -4.89. The Balaban J connectivity index is 2.11. The minimum Gasteiger partial charge on any atom is -0.224 e. The van der Waals surface area contributed by atoms with Gasteiger partial charge in [-0.2, -0.15) is 18.2 Å². The van der Waals surface area contributed by atoms with E-state index in [1.54, 1.807) is 0 Å². The third-order valence-electron chi connectivity index (χ3n) is 3.55. The standard InChI is InChI=1S/C17H12F4NO2S2/c1-26(23,24)14-8-2-11(3-9-14)15-10-25(16(22-15)17(19,20)21)13-6-4-12(18)5-7-13/h2-10H,1H3/q+1. The minimum atomic E-state index is -4.64. The molecule has 3 nitrogen and oxygen atoms in total. The van der Waals surface area contributed by atoms with E-state index < -0.39 is 37.3 Å². The summed E-state index contributed by atoms with van der Waals surface area (Å²) in [5.41, 5.74) is 0.473. The molecule has 3 rings (SSSR count). The molecule has 136 valence electrons.